The first-order valence-corrected chi connectivity index (χ1v) is 9.61. The van der Waals surface area contributed by atoms with Gasteiger partial charge in [-0.15, -0.1) is 0 Å². The third kappa shape index (κ3) is 4.69. The number of Topliss-reactive ketones (excluding diaryl/α,β-unsaturated/α-hetero) is 1. The summed E-state index contributed by atoms with van der Waals surface area (Å²) in [5, 5.41) is 0. The van der Waals surface area contributed by atoms with E-state index in [1.54, 1.807) is 0 Å². The van der Waals surface area contributed by atoms with Crippen molar-refractivity contribution in [1.82, 2.24) is 0 Å². The number of carbonyl (C=O) groups is 1. The fourth-order valence-corrected chi connectivity index (χ4v) is 6.25. The van der Waals surface area contributed by atoms with E-state index in [9.17, 15) is 4.79 Å². The molecular weight excluding hydrogens is 581 g/mol. The molecule has 0 atom stereocenters. The molecule has 1 fully saturated rings. The first kappa shape index (κ1) is 16.3. The highest BCUT2D eigenvalue weighted by Gasteiger charge is 2.22. The van der Waals surface area contributed by atoms with Gasteiger partial charge in [0, 0.05) is 9.49 Å². The van der Waals surface area contributed by atoms with Gasteiger partial charge in [0.25, 0.3) is 0 Å². The molecule has 1 aliphatic rings. The Balaban J connectivity index is 1.96. The predicted molar refractivity (Wildman–Crippen MR) is 102 cm³/mol. The quantitative estimate of drug-likeness (QED) is 0.457. The van der Waals surface area contributed by atoms with Crippen molar-refractivity contribution in [1.29, 1.82) is 0 Å². The van der Waals surface area contributed by atoms with Crippen molar-refractivity contribution >= 4 is 73.6 Å². The summed E-state index contributed by atoms with van der Waals surface area (Å²) in [5.74, 6) is 1.35. The molecule has 2 nitrogen and oxygen atoms in total. The molecule has 0 spiro atoms. The number of benzene rings is 1. The second-order valence-electron chi connectivity index (χ2n) is 4.79. The maximum atomic E-state index is 12.1. The van der Waals surface area contributed by atoms with Crippen LogP contribution >= 0.6 is 67.8 Å². The number of ether oxygens (including phenoxy) is 1. The summed E-state index contributed by atoms with van der Waals surface area (Å²) in [4.78, 5) is 12.1. The molecule has 0 amide bonds. The zero-order valence-corrected chi connectivity index (χ0v) is 16.9. The number of hydrogen-bond acceptors (Lipinski definition) is 2. The second-order valence-corrected chi connectivity index (χ2v) is 8.36. The average Bonchev–Trinajstić information content (AvgIpc) is 2.38. The van der Waals surface area contributed by atoms with Crippen LogP contribution in [0.5, 0.6) is 5.75 Å². The van der Waals surface area contributed by atoms with E-state index >= 15 is 0 Å². The van der Waals surface area contributed by atoms with Gasteiger partial charge in [0.2, 0.25) is 0 Å². The van der Waals surface area contributed by atoms with Crippen LogP contribution in [0.3, 0.4) is 0 Å². The van der Waals surface area contributed by atoms with Gasteiger partial charge in [0.15, 0.2) is 5.78 Å². The molecule has 2 rings (SSSR count). The van der Waals surface area contributed by atoms with Crippen molar-refractivity contribution < 1.29 is 9.53 Å². The SMILES string of the molecule is O=C(COc1c(I)cc(I)cc1I)C1CCCCC1. The van der Waals surface area contributed by atoms with Crippen molar-refractivity contribution in [3.8, 4) is 5.75 Å². The van der Waals surface area contributed by atoms with Gasteiger partial charge in [-0.1, -0.05) is 19.3 Å². The Hall–Kier alpha value is 0.880. The Labute approximate surface area is 154 Å². The third-order valence-electron chi connectivity index (χ3n) is 3.38. The van der Waals surface area contributed by atoms with Gasteiger partial charge in [0.05, 0.1) is 7.14 Å². The van der Waals surface area contributed by atoms with Crippen LogP contribution in [0.2, 0.25) is 0 Å². The molecular formula is C14H15I3O2. The summed E-state index contributed by atoms with van der Waals surface area (Å²) in [6, 6.07) is 4.15. The van der Waals surface area contributed by atoms with Gasteiger partial charge >= 0.3 is 0 Å². The largest absolute Gasteiger partial charge is 0.484 e. The first-order valence-electron chi connectivity index (χ1n) is 6.38. The van der Waals surface area contributed by atoms with Crippen LogP contribution in [-0.2, 0) is 4.79 Å². The molecule has 0 radical (unpaired) electrons. The van der Waals surface area contributed by atoms with E-state index in [1.165, 1.54) is 22.8 Å². The number of ketones is 1. The minimum atomic E-state index is 0.220. The molecule has 0 N–H and O–H groups in total. The maximum Gasteiger partial charge on any atom is 0.173 e. The molecule has 0 aliphatic heterocycles. The van der Waals surface area contributed by atoms with Crippen molar-refractivity contribution in [3.05, 3.63) is 22.8 Å². The van der Waals surface area contributed by atoms with Gasteiger partial charge in [-0.05, 0) is 92.7 Å². The summed E-state index contributed by atoms with van der Waals surface area (Å²) in [7, 11) is 0. The highest BCUT2D eigenvalue weighted by Crippen LogP contribution is 2.30. The standard InChI is InChI=1S/C14H15I3O2/c15-10-6-11(16)14(12(17)7-10)19-8-13(18)9-4-2-1-3-5-9/h6-7,9H,1-5,8H2. The number of rotatable bonds is 4. The smallest absolute Gasteiger partial charge is 0.173 e. The van der Waals surface area contributed by atoms with Crippen LogP contribution in [0.1, 0.15) is 32.1 Å². The average molecular weight is 596 g/mol. The summed E-state index contributed by atoms with van der Waals surface area (Å²) >= 11 is 6.83. The molecule has 0 unspecified atom stereocenters. The van der Waals surface area contributed by atoms with Crippen molar-refractivity contribution in [2.75, 3.05) is 6.61 Å². The third-order valence-corrected chi connectivity index (χ3v) is 5.61. The lowest BCUT2D eigenvalue weighted by Crippen LogP contribution is -2.24. The van der Waals surface area contributed by atoms with Crippen LogP contribution in [-0.4, -0.2) is 12.4 Å². The molecule has 19 heavy (non-hydrogen) atoms. The van der Waals surface area contributed by atoms with E-state index in [0.717, 1.165) is 25.7 Å². The number of hydrogen-bond donors (Lipinski definition) is 0. The fraction of sp³-hybridized carbons (Fsp3) is 0.500. The summed E-state index contributed by atoms with van der Waals surface area (Å²) < 4.78 is 9.11. The van der Waals surface area contributed by atoms with E-state index in [2.05, 4.69) is 79.9 Å². The van der Waals surface area contributed by atoms with Gasteiger partial charge < -0.3 is 4.74 Å². The molecule has 1 aromatic rings. The maximum absolute atomic E-state index is 12.1. The first-order chi connectivity index (χ1) is 9.08. The van der Waals surface area contributed by atoms with E-state index in [-0.39, 0.29) is 18.3 Å². The number of halogens is 3. The summed E-state index contributed by atoms with van der Waals surface area (Å²) in [5.41, 5.74) is 0. The van der Waals surface area contributed by atoms with Crippen LogP contribution < -0.4 is 4.74 Å². The monoisotopic (exact) mass is 596 g/mol. The van der Waals surface area contributed by atoms with Crippen LogP contribution in [0.15, 0.2) is 12.1 Å². The van der Waals surface area contributed by atoms with Crippen molar-refractivity contribution in [3.63, 3.8) is 0 Å². The van der Waals surface area contributed by atoms with Gasteiger partial charge in [-0.25, -0.2) is 0 Å². The topological polar surface area (TPSA) is 26.3 Å². The van der Waals surface area contributed by atoms with Gasteiger partial charge in [0.1, 0.15) is 12.4 Å². The molecule has 0 saturated heterocycles. The molecule has 1 aromatic carbocycles. The Morgan fingerprint density at radius 2 is 1.68 bits per heavy atom. The lowest BCUT2D eigenvalue weighted by Gasteiger charge is -2.20. The van der Waals surface area contributed by atoms with E-state index in [0.29, 0.717) is 0 Å². The Bertz CT molecular complexity index is 445. The summed E-state index contributed by atoms with van der Waals surface area (Å²) in [6.07, 6.45) is 5.74. The van der Waals surface area contributed by atoms with Gasteiger partial charge in [-0.2, -0.15) is 0 Å². The normalized spacial score (nSPS) is 16.4. The molecule has 0 aromatic heterocycles. The minimum Gasteiger partial charge on any atom is -0.484 e. The Morgan fingerprint density at radius 1 is 1.11 bits per heavy atom. The molecule has 5 heteroatoms. The molecule has 0 bridgehead atoms. The zero-order valence-electron chi connectivity index (χ0n) is 10.4. The molecule has 0 heterocycles. The highest BCUT2D eigenvalue weighted by atomic mass is 127. The highest BCUT2D eigenvalue weighted by molar-refractivity contribution is 14.1. The van der Waals surface area contributed by atoms with Crippen LogP contribution in [0.4, 0.5) is 0 Å². The Morgan fingerprint density at radius 3 is 2.26 bits per heavy atom. The minimum absolute atomic E-state index is 0.220. The van der Waals surface area contributed by atoms with Crippen LogP contribution in [0, 0.1) is 16.6 Å². The lowest BCUT2D eigenvalue weighted by atomic mass is 9.86. The Kier molecular flexibility index (Phi) is 6.64. The lowest BCUT2D eigenvalue weighted by molar-refractivity contribution is -0.125. The predicted octanol–water partition coefficient (Wildman–Crippen LogP) is 5.03. The molecule has 104 valence electrons. The number of carbonyl (C=O) groups excluding carboxylic acids is 1. The zero-order chi connectivity index (χ0) is 13.8. The van der Waals surface area contributed by atoms with Gasteiger partial charge in [-0.3, -0.25) is 4.79 Å². The van der Waals surface area contributed by atoms with Crippen molar-refractivity contribution in [2.45, 2.75) is 32.1 Å². The van der Waals surface area contributed by atoms with Crippen molar-refractivity contribution in [2.24, 2.45) is 5.92 Å². The van der Waals surface area contributed by atoms with E-state index in [1.807, 2.05) is 0 Å². The fourth-order valence-electron chi connectivity index (χ4n) is 2.35. The van der Waals surface area contributed by atoms with Crippen LogP contribution in [0.25, 0.3) is 0 Å². The second kappa shape index (κ2) is 7.77. The van der Waals surface area contributed by atoms with E-state index < -0.39 is 0 Å². The molecule has 1 aliphatic carbocycles. The summed E-state index contributed by atoms with van der Waals surface area (Å²) in [6.45, 7) is 0.220. The van der Waals surface area contributed by atoms with E-state index in [4.69, 9.17) is 4.74 Å². The molecule has 1 saturated carbocycles.